The summed E-state index contributed by atoms with van der Waals surface area (Å²) in [6.07, 6.45) is 0. The van der Waals surface area contributed by atoms with Crippen LogP contribution < -0.4 is 0 Å². The van der Waals surface area contributed by atoms with Crippen LogP contribution in [0, 0.1) is 0 Å². The summed E-state index contributed by atoms with van der Waals surface area (Å²) in [5.41, 5.74) is 5.13. The molecule has 0 fully saturated rings. The summed E-state index contributed by atoms with van der Waals surface area (Å²) in [4.78, 5) is 5.29. The van der Waals surface area contributed by atoms with Gasteiger partial charge in [0.1, 0.15) is 11.2 Å². The van der Waals surface area contributed by atoms with Crippen LogP contribution in [-0.2, 0) is 0 Å². The minimum Gasteiger partial charge on any atom is -0.456 e. The van der Waals surface area contributed by atoms with Crippen LogP contribution in [0.3, 0.4) is 0 Å². The topological polar surface area (TPSA) is 31.0 Å². The number of fused-ring (bicyclic) bond motifs is 10. The quantitative estimate of drug-likeness (QED) is 0.229. The smallest absolute Gasteiger partial charge is 0.195 e. The van der Waals surface area contributed by atoms with Gasteiger partial charge in [-0.15, -0.1) is 0 Å². The first-order chi connectivity index (χ1) is 18.3. The fraction of sp³-hybridized carbons (Fsp3) is 0. The molecule has 172 valence electrons. The van der Waals surface area contributed by atoms with Crippen LogP contribution in [0.15, 0.2) is 114 Å². The molecule has 4 heteroatoms. The van der Waals surface area contributed by atoms with Crippen molar-refractivity contribution in [2.24, 2.45) is 0 Å². The zero-order valence-electron chi connectivity index (χ0n) is 19.6. The molecule has 9 aromatic rings. The molecular weight excluding hydrogens is 472 g/mol. The van der Waals surface area contributed by atoms with Gasteiger partial charge in [0.05, 0.1) is 26.6 Å². The molecule has 0 radical (unpaired) electrons. The maximum atomic E-state index is 6.16. The van der Waals surface area contributed by atoms with E-state index < -0.39 is 0 Å². The van der Waals surface area contributed by atoms with Crippen LogP contribution in [0.4, 0.5) is 0 Å². The Hall–Kier alpha value is -4.67. The highest BCUT2D eigenvalue weighted by Gasteiger charge is 2.19. The fourth-order valence-electron chi connectivity index (χ4n) is 5.88. The van der Waals surface area contributed by atoms with Gasteiger partial charge in [0.25, 0.3) is 0 Å². The van der Waals surface area contributed by atoms with Gasteiger partial charge in [-0.2, -0.15) is 0 Å². The molecule has 9 rings (SSSR count). The van der Waals surface area contributed by atoms with E-state index in [0.29, 0.717) is 0 Å². The van der Waals surface area contributed by atoms with Gasteiger partial charge in [-0.1, -0.05) is 78.1 Å². The number of aromatic nitrogens is 2. The minimum absolute atomic E-state index is 0.879. The Morgan fingerprint density at radius 2 is 1.16 bits per heavy atom. The Bertz CT molecular complexity index is 2280. The second-order valence-corrected chi connectivity index (χ2v) is 10.7. The Morgan fingerprint density at radius 1 is 0.568 bits per heavy atom. The average Bonchev–Trinajstić information content (AvgIpc) is 3.61. The van der Waals surface area contributed by atoms with E-state index in [9.17, 15) is 0 Å². The molecule has 0 atom stereocenters. The van der Waals surface area contributed by atoms with E-state index in [0.717, 1.165) is 37.3 Å². The van der Waals surface area contributed by atoms with Crippen molar-refractivity contribution in [1.29, 1.82) is 0 Å². The normalized spacial score (nSPS) is 12.3. The number of thiazole rings is 1. The molecule has 0 aliphatic heterocycles. The van der Waals surface area contributed by atoms with Crippen molar-refractivity contribution in [2.75, 3.05) is 0 Å². The molecule has 0 spiro atoms. The highest BCUT2D eigenvalue weighted by molar-refractivity contribution is 7.21. The number of hydrogen-bond donors (Lipinski definition) is 0. The van der Waals surface area contributed by atoms with Crippen LogP contribution in [0.1, 0.15) is 0 Å². The molecule has 0 saturated heterocycles. The van der Waals surface area contributed by atoms with Crippen molar-refractivity contribution in [1.82, 2.24) is 9.55 Å². The van der Waals surface area contributed by atoms with E-state index in [1.54, 1.807) is 11.3 Å². The highest BCUT2D eigenvalue weighted by Crippen LogP contribution is 2.41. The first kappa shape index (κ1) is 19.5. The Balaban J connectivity index is 1.45. The van der Waals surface area contributed by atoms with Crippen LogP contribution in [-0.4, -0.2) is 9.55 Å². The summed E-state index contributed by atoms with van der Waals surface area (Å²) in [7, 11) is 0. The van der Waals surface area contributed by atoms with Gasteiger partial charge >= 0.3 is 0 Å². The average molecular weight is 491 g/mol. The maximum Gasteiger partial charge on any atom is 0.195 e. The molecule has 3 aromatic heterocycles. The van der Waals surface area contributed by atoms with Gasteiger partial charge in [0.2, 0.25) is 0 Å². The molecule has 3 heterocycles. The van der Waals surface area contributed by atoms with Crippen LogP contribution in [0.25, 0.3) is 80.6 Å². The van der Waals surface area contributed by atoms with E-state index >= 15 is 0 Å². The van der Waals surface area contributed by atoms with Gasteiger partial charge in [0, 0.05) is 16.2 Å². The number of furan rings is 1. The van der Waals surface area contributed by atoms with E-state index in [1.165, 1.54) is 43.4 Å². The molecule has 0 unspecified atom stereocenters. The predicted octanol–water partition coefficient (Wildman–Crippen LogP) is 9.60. The Kier molecular flexibility index (Phi) is 3.67. The first-order valence-electron chi connectivity index (χ1n) is 12.4. The second kappa shape index (κ2) is 6.96. The summed E-state index contributed by atoms with van der Waals surface area (Å²) >= 11 is 1.73. The Morgan fingerprint density at radius 3 is 1.84 bits per heavy atom. The number of nitrogens with zero attached hydrogens (tertiary/aromatic N) is 2. The van der Waals surface area contributed by atoms with Crippen LogP contribution in [0.2, 0.25) is 0 Å². The molecule has 3 nitrogen and oxygen atoms in total. The Labute approximate surface area is 214 Å². The molecule has 0 aliphatic carbocycles. The van der Waals surface area contributed by atoms with E-state index in [1.807, 2.05) is 12.1 Å². The third-order valence-electron chi connectivity index (χ3n) is 7.58. The van der Waals surface area contributed by atoms with Crippen molar-refractivity contribution in [2.45, 2.75) is 0 Å². The second-order valence-electron chi connectivity index (χ2n) is 9.65. The standard InChI is InChI=1S/C33H18N2OS/c1-3-9-21-17-26-24(15-19(21)7-1)25-16-20-8-2-4-10-22(20)18-27(25)35(26)33-34-32-30(37-33)14-13-29-31(32)23-11-5-6-12-28(23)36-29/h1-18H. The van der Waals surface area contributed by atoms with Gasteiger partial charge in [-0.05, 0) is 64.0 Å². The largest absolute Gasteiger partial charge is 0.456 e. The molecule has 0 saturated carbocycles. The molecule has 0 N–H and O–H groups in total. The summed E-state index contributed by atoms with van der Waals surface area (Å²) in [6, 6.07) is 38.9. The molecule has 6 aromatic carbocycles. The molecule has 0 aliphatic rings. The van der Waals surface area contributed by atoms with Crippen molar-refractivity contribution in [3.63, 3.8) is 0 Å². The van der Waals surface area contributed by atoms with Crippen molar-refractivity contribution < 1.29 is 4.42 Å². The zero-order valence-corrected chi connectivity index (χ0v) is 20.4. The molecule has 37 heavy (non-hydrogen) atoms. The lowest BCUT2D eigenvalue weighted by molar-refractivity contribution is 0.669. The lowest BCUT2D eigenvalue weighted by atomic mass is 10.0. The number of hydrogen-bond acceptors (Lipinski definition) is 3. The predicted molar refractivity (Wildman–Crippen MR) is 156 cm³/mol. The van der Waals surface area contributed by atoms with Gasteiger partial charge in [0.15, 0.2) is 5.13 Å². The molecular formula is C33H18N2OS. The summed E-state index contributed by atoms with van der Waals surface area (Å²) in [6.45, 7) is 0. The van der Waals surface area contributed by atoms with Crippen molar-refractivity contribution >= 4 is 86.8 Å². The van der Waals surface area contributed by atoms with Crippen LogP contribution >= 0.6 is 11.3 Å². The monoisotopic (exact) mass is 490 g/mol. The number of rotatable bonds is 1. The third kappa shape index (κ3) is 2.62. The SMILES string of the molecule is c1ccc2cc3c(cc2c1)c1cc2ccccc2cc1n3-c1nc2c(ccc3oc4ccccc4c32)s1. The van der Waals surface area contributed by atoms with Gasteiger partial charge in [-0.3, -0.25) is 4.57 Å². The van der Waals surface area contributed by atoms with E-state index in [2.05, 4.69) is 102 Å². The summed E-state index contributed by atoms with van der Waals surface area (Å²) < 4.78 is 9.66. The van der Waals surface area contributed by atoms with Crippen LogP contribution in [0.5, 0.6) is 0 Å². The van der Waals surface area contributed by atoms with Crippen molar-refractivity contribution in [3.05, 3.63) is 109 Å². The molecule has 0 amide bonds. The molecule has 0 bridgehead atoms. The first-order valence-corrected chi connectivity index (χ1v) is 13.2. The third-order valence-corrected chi connectivity index (χ3v) is 8.58. The van der Waals surface area contributed by atoms with Crippen molar-refractivity contribution in [3.8, 4) is 5.13 Å². The summed E-state index contributed by atoms with van der Waals surface area (Å²) in [5.74, 6) is 0. The number of benzene rings is 6. The zero-order chi connectivity index (χ0) is 24.1. The highest BCUT2D eigenvalue weighted by atomic mass is 32.1. The van der Waals surface area contributed by atoms with Gasteiger partial charge < -0.3 is 4.42 Å². The number of para-hydroxylation sites is 1. The fourth-order valence-corrected chi connectivity index (χ4v) is 6.88. The minimum atomic E-state index is 0.879. The van der Waals surface area contributed by atoms with E-state index in [-0.39, 0.29) is 0 Å². The summed E-state index contributed by atoms with van der Waals surface area (Å²) in [5, 5.41) is 10.6. The van der Waals surface area contributed by atoms with E-state index in [4.69, 9.17) is 9.40 Å². The maximum absolute atomic E-state index is 6.16. The van der Waals surface area contributed by atoms with Gasteiger partial charge in [-0.25, -0.2) is 4.98 Å². The lowest BCUT2D eigenvalue weighted by Gasteiger charge is -2.05. The lowest BCUT2D eigenvalue weighted by Crippen LogP contribution is -1.92.